The SMILES string of the molecule is COC(=O)[C@@H]1CCCc2nn(Cc3ccc(C(F)(F)F)cn3)c(=O)n21. The highest BCUT2D eigenvalue weighted by molar-refractivity contribution is 5.74. The second kappa shape index (κ2) is 6.34. The van der Waals surface area contributed by atoms with Crippen LogP contribution in [0.25, 0.3) is 0 Å². The van der Waals surface area contributed by atoms with Gasteiger partial charge in [0.05, 0.1) is 24.9 Å². The molecule has 1 aliphatic heterocycles. The monoisotopic (exact) mass is 356 g/mol. The number of pyridine rings is 1. The smallest absolute Gasteiger partial charge is 0.417 e. The van der Waals surface area contributed by atoms with Gasteiger partial charge in [0.15, 0.2) is 0 Å². The number of halogens is 3. The summed E-state index contributed by atoms with van der Waals surface area (Å²) in [4.78, 5) is 28.1. The number of esters is 1. The molecule has 10 heteroatoms. The molecule has 134 valence electrons. The van der Waals surface area contributed by atoms with Gasteiger partial charge >= 0.3 is 17.8 Å². The Kier molecular flexibility index (Phi) is 4.36. The Morgan fingerprint density at radius 1 is 1.40 bits per heavy atom. The minimum Gasteiger partial charge on any atom is -0.467 e. The van der Waals surface area contributed by atoms with Crippen molar-refractivity contribution in [3.63, 3.8) is 0 Å². The third-order valence-electron chi connectivity index (χ3n) is 4.07. The maximum atomic E-state index is 12.6. The molecule has 2 aromatic heterocycles. The number of methoxy groups -OCH3 is 1. The van der Waals surface area contributed by atoms with Gasteiger partial charge in [0.1, 0.15) is 11.9 Å². The molecular formula is C15H15F3N4O3. The van der Waals surface area contributed by atoms with E-state index < -0.39 is 29.4 Å². The van der Waals surface area contributed by atoms with Gasteiger partial charge in [-0.2, -0.15) is 18.3 Å². The molecule has 3 heterocycles. The van der Waals surface area contributed by atoms with Crippen LogP contribution in [0.2, 0.25) is 0 Å². The Balaban J connectivity index is 1.89. The van der Waals surface area contributed by atoms with Gasteiger partial charge in [-0.3, -0.25) is 9.55 Å². The Morgan fingerprint density at radius 3 is 2.76 bits per heavy atom. The third-order valence-corrected chi connectivity index (χ3v) is 4.07. The normalized spacial score (nSPS) is 17.2. The standard InChI is InChI=1S/C15H15F3N4O3/c1-25-13(23)11-3-2-4-12-20-21(14(24)22(11)12)8-10-6-5-9(7-19-10)15(16,17)18/h5-7,11H,2-4,8H2,1H3/t11-/m0/s1. The van der Waals surface area contributed by atoms with E-state index in [9.17, 15) is 22.8 Å². The van der Waals surface area contributed by atoms with Crippen LogP contribution < -0.4 is 5.69 Å². The van der Waals surface area contributed by atoms with Crippen molar-refractivity contribution in [2.45, 2.75) is 38.0 Å². The van der Waals surface area contributed by atoms with E-state index in [0.717, 1.165) is 10.7 Å². The van der Waals surface area contributed by atoms with Gasteiger partial charge in [0.25, 0.3) is 0 Å². The highest BCUT2D eigenvalue weighted by Gasteiger charge is 2.32. The molecule has 2 aromatic rings. The van der Waals surface area contributed by atoms with Crippen LogP contribution in [0.1, 0.15) is 36.0 Å². The first-order valence-electron chi connectivity index (χ1n) is 7.59. The molecule has 0 fully saturated rings. The number of ether oxygens (including phenoxy) is 1. The van der Waals surface area contributed by atoms with Gasteiger partial charge in [-0.1, -0.05) is 0 Å². The Morgan fingerprint density at radius 2 is 2.16 bits per heavy atom. The van der Waals surface area contributed by atoms with Crippen LogP contribution in [0.15, 0.2) is 23.1 Å². The zero-order valence-corrected chi connectivity index (χ0v) is 13.3. The minimum absolute atomic E-state index is 0.0785. The minimum atomic E-state index is -4.47. The van der Waals surface area contributed by atoms with Crippen LogP contribution in [0.5, 0.6) is 0 Å². The molecule has 1 atom stereocenters. The molecule has 0 aliphatic carbocycles. The van der Waals surface area contributed by atoms with Crippen molar-refractivity contribution < 1.29 is 22.7 Å². The quantitative estimate of drug-likeness (QED) is 0.780. The van der Waals surface area contributed by atoms with E-state index in [0.29, 0.717) is 31.3 Å². The van der Waals surface area contributed by atoms with Crippen molar-refractivity contribution in [3.05, 3.63) is 45.9 Å². The predicted octanol–water partition coefficient (Wildman–Crippen LogP) is 1.56. The Hall–Kier alpha value is -2.65. The highest BCUT2D eigenvalue weighted by atomic mass is 19.4. The highest BCUT2D eigenvalue weighted by Crippen LogP contribution is 2.28. The van der Waals surface area contributed by atoms with Crippen LogP contribution in [0.3, 0.4) is 0 Å². The first-order valence-corrected chi connectivity index (χ1v) is 7.59. The Labute approximate surface area is 140 Å². The largest absolute Gasteiger partial charge is 0.467 e. The van der Waals surface area contributed by atoms with E-state index in [1.807, 2.05) is 0 Å². The number of fused-ring (bicyclic) bond motifs is 1. The van der Waals surface area contributed by atoms with Crippen LogP contribution in [0, 0.1) is 0 Å². The van der Waals surface area contributed by atoms with Crippen LogP contribution in [0.4, 0.5) is 13.2 Å². The first kappa shape index (κ1) is 17.2. The average molecular weight is 356 g/mol. The van der Waals surface area contributed by atoms with E-state index in [-0.39, 0.29) is 12.2 Å². The van der Waals surface area contributed by atoms with Gasteiger partial charge < -0.3 is 4.74 Å². The van der Waals surface area contributed by atoms with Gasteiger partial charge in [-0.25, -0.2) is 14.3 Å². The summed E-state index contributed by atoms with van der Waals surface area (Å²) >= 11 is 0. The molecule has 1 aliphatic rings. The summed E-state index contributed by atoms with van der Waals surface area (Å²) in [5, 5.41) is 4.18. The van der Waals surface area contributed by atoms with Crippen molar-refractivity contribution in [1.82, 2.24) is 19.3 Å². The molecule has 0 saturated carbocycles. The summed E-state index contributed by atoms with van der Waals surface area (Å²) in [7, 11) is 1.25. The topological polar surface area (TPSA) is 79.0 Å². The van der Waals surface area contributed by atoms with Crippen LogP contribution in [-0.2, 0) is 28.7 Å². The van der Waals surface area contributed by atoms with Crippen molar-refractivity contribution in [3.8, 4) is 0 Å². The maximum absolute atomic E-state index is 12.6. The molecule has 0 radical (unpaired) electrons. The molecule has 0 aromatic carbocycles. The van der Waals surface area contributed by atoms with Gasteiger partial charge in [-0.05, 0) is 25.0 Å². The lowest BCUT2D eigenvalue weighted by Crippen LogP contribution is -2.35. The van der Waals surface area contributed by atoms with Crippen LogP contribution >= 0.6 is 0 Å². The molecular weight excluding hydrogens is 341 g/mol. The number of aromatic nitrogens is 4. The number of hydrogen-bond donors (Lipinski definition) is 0. The molecule has 0 saturated heterocycles. The molecule has 0 bridgehead atoms. The van der Waals surface area contributed by atoms with Crippen molar-refractivity contribution >= 4 is 5.97 Å². The van der Waals surface area contributed by atoms with Crippen LogP contribution in [-0.4, -0.2) is 32.4 Å². The van der Waals surface area contributed by atoms with Crippen molar-refractivity contribution in [2.24, 2.45) is 0 Å². The van der Waals surface area contributed by atoms with Crippen molar-refractivity contribution in [1.29, 1.82) is 0 Å². The molecule has 0 unspecified atom stereocenters. The van der Waals surface area contributed by atoms with Gasteiger partial charge in [0, 0.05) is 12.6 Å². The summed E-state index contributed by atoms with van der Waals surface area (Å²) in [6.45, 7) is -0.0785. The van der Waals surface area contributed by atoms with E-state index >= 15 is 0 Å². The summed E-state index contributed by atoms with van der Waals surface area (Å²) in [6, 6.07) is 1.38. The fourth-order valence-electron chi connectivity index (χ4n) is 2.83. The lowest BCUT2D eigenvalue weighted by atomic mass is 10.1. The molecule has 0 amide bonds. The number of aryl methyl sites for hydroxylation is 1. The molecule has 3 rings (SSSR count). The zero-order chi connectivity index (χ0) is 18.2. The first-order chi connectivity index (χ1) is 11.8. The molecule has 25 heavy (non-hydrogen) atoms. The zero-order valence-electron chi connectivity index (χ0n) is 13.3. The van der Waals surface area contributed by atoms with Crippen molar-refractivity contribution in [2.75, 3.05) is 7.11 Å². The second-order valence-corrected chi connectivity index (χ2v) is 5.69. The number of alkyl halides is 3. The fraction of sp³-hybridized carbons (Fsp3) is 0.467. The number of hydrogen-bond acceptors (Lipinski definition) is 5. The second-order valence-electron chi connectivity index (χ2n) is 5.69. The van der Waals surface area contributed by atoms with Gasteiger partial charge in [0.2, 0.25) is 0 Å². The molecule has 7 nitrogen and oxygen atoms in total. The Bertz CT molecular complexity index is 839. The predicted molar refractivity (Wildman–Crippen MR) is 78.8 cm³/mol. The summed E-state index contributed by atoms with van der Waals surface area (Å²) in [5.74, 6) is -0.0613. The summed E-state index contributed by atoms with van der Waals surface area (Å²) < 4.78 is 44.8. The summed E-state index contributed by atoms with van der Waals surface area (Å²) in [5.41, 5.74) is -1.11. The number of carbonyl (C=O) groups is 1. The average Bonchev–Trinajstić information content (AvgIpc) is 2.90. The fourth-order valence-corrected chi connectivity index (χ4v) is 2.83. The number of nitrogens with zero attached hydrogens (tertiary/aromatic N) is 4. The number of carbonyl (C=O) groups excluding carboxylic acids is 1. The molecule has 0 spiro atoms. The number of rotatable bonds is 3. The van der Waals surface area contributed by atoms with E-state index in [1.54, 1.807) is 0 Å². The van der Waals surface area contributed by atoms with Gasteiger partial charge in [-0.15, -0.1) is 0 Å². The lowest BCUT2D eigenvalue weighted by Gasteiger charge is -2.20. The van der Waals surface area contributed by atoms with E-state index in [4.69, 9.17) is 4.74 Å². The lowest BCUT2D eigenvalue weighted by molar-refractivity contribution is -0.145. The maximum Gasteiger partial charge on any atom is 0.417 e. The van der Waals surface area contributed by atoms with E-state index in [2.05, 4.69) is 10.1 Å². The molecule has 0 N–H and O–H groups in total. The summed E-state index contributed by atoms with van der Waals surface area (Å²) in [6.07, 6.45) is -2.05. The third kappa shape index (κ3) is 3.28. The van der Waals surface area contributed by atoms with E-state index in [1.165, 1.54) is 17.7 Å².